The molecule has 2 fully saturated rings. The van der Waals surface area contributed by atoms with Crippen LogP contribution in [0, 0.1) is 0 Å². The molecule has 0 radical (unpaired) electrons. The molecule has 6 nitrogen and oxygen atoms in total. The molecular weight excluding hydrogens is 248 g/mol. The van der Waals surface area contributed by atoms with Crippen molar-refractivity contribution in [1.29, 1.82) is 0 Å². The summed E-state index contributed by atoms with van der Waals surface area (Å²) in [6, 6.07) is 0. The second-order valence-electron chi connectivity index (χ2n) is 4.50. The largest absolute Gasteiger partial charge is 0.377 e. The summed E-state index contributed by atoms with van der Waals surface area (Å²) >= 11 is 0. The van der Waals surface area contributed by atoms with Gasteiger partial charge in [0.15, 0.2) is 0 Å². The van der Waals surface area contributed by atoms with Crippen molar-refractivity contribution in [2.75, 3.05) is 25.6 Å². The van der Waals surface area contributed by atoms with Gasteiger partial charge in [-0.3, -0.25) is 4.55 Å². The first kappa shape index (κ1) is 13.2. The van der Waals surface area contributed by atoms with Crippen molar-refractivity contribution in [1.82, 2.24) is 0 Å². The SMILES string of the molecule is O=S(=O)(O)CCOC1CCC(OCC2CO2)C1. The second-order valence-corrected chi connectivity index (χ2v) is 6.07. The van der Waals surface area contributed by atoms with E-state index in [0.717, 1.165) is 25.9 Å². The van der Waals surface area contributed by atoms with Crippen molar-refractivity contribution in [2.45, 2.75) is 37.6 Å². The van der Waals surface area contributed by atoms with Gasteiger partial charge in [0, 0.05) is 0 Å². The Morgan fingerprint density at radius 2 is 1.88 bits per heavy atom. The van der Waals surface area contributed by atoms with Gasteiger partial charge in [-0.25, -0.2) is 0 Å². The Morgan fingerprint density at radius 3 is 2.47 bits per heavy atom. The quantitative estimate of drug-likeness (QED) is 0.524. The lowest BCUT2D eigenvalue weighted by molar-refractivity contribution is 0.0212. The highest BCUT2D eigenvalue weighted by Crippen LogP contribution is 2.25. The van der Waals surface area contributed by atoms with Gasteiger partial charge >= 0.3 is 0 Å². The van der Waals surface area contributed by atoms with Gasteiger partial charge in [-0.15, -0.1) is 0 Å². The highest BCUT2D eigenvalue weighted by atomic mass is 32.2. The van der Waals surface area contributed by atoms with Gasteiger partial charge in [0.05, 0.1) is 37.8 Å². The summed E-state index contributed by atoms with van der Waals surface area (Å²) in [5, 5.41) is 0. The molecule has 1 saturated heterocycles. The molecule has 3 unspecified atom stereocenters. The van der Waals surface area contributed by atoms with Crippen LogP contribution in [0.4, 0.5) is 0 Å². The van der Waals surface area contributed by atoms with Crippen LogP contribution in [-0.2, 0) is 24.3 Å². The molecule has 1 aliphatic heterocycles. The molecule has 1 aliphatic carbocycles. The van der Waals surface area contributed by atoms with E-state index in [4.69, 9.17) is 18.8 Å². The zero-order valence-corrected chi connectivity index (χ0v) is 10.4. The number of hydrogen-bond donors (Lipinski definition) is 1. The van der Waals surface area contributed by atoms with Gasteiger partial charge in [-0.2, -0.15) is 8.42 Å². The Bertz CT molecular complexity index is 337. The first-order valence-corrected chi connectivity index (χ1v) is 7.44. The summed E-state index contributed by atoms with van der Waals surface area (Å²) in [5.41, 5.74) is 0. The van der Waals surface area contributed by atoms with Crippen LogP contribution in [0.1, 0.15) is 19.3 Å². The molecule has 17 heavy (non-hydrogen) atoms. The van der Waals surface area contributed by atoms with E-state index >= 15 is 0 Å². The van der Waals surface area contributed by atoms with E-state index in [-0.39, 0.29) is 30.7 Å². The fraction of sp³-hybridized carbons (Fsp3) is 1.00. The lowest BCUT2D eigenvalue weighted by Crippen LogP contribution is -2.18. The number of hydrogen-bond acceptors (Lipinski definition) is 5. The number of ether oxygens (including phenoxy) is 3. The highest BCUT2D eigenvalue weighted by molar-refractivity contribution is 7.85. The highest BCUT2D eigenvalue weighted by Gasteiger charge is 2.29. The summed E-state index contributed by atoms with van der Waals surface area (Å²) in [6.45, 7) is 1.48. The lowest BCUT2D eigenvalue weighted by atomic mass is 10.3. The monoisotopic (exact) mass is 266 g/mol. The van der Waals surface area contributed by atoms with Crippen molar-refractivity contribution in [3.05, 3.63) is 0 Å². The van der Waals surface area contributed by atoms with Crippen molar-refractivity contribution in [3.8, 4) is 0 Å². The van der Waals surface area contributed by atoms with E-state index in [1.54, 1.807) is 0 Å². The number of epoxide rings is 1. The molecule has 1 heterocycles. The van der Waals surface area contributed by atoms with E-state index in [9.17, 15) is 8.42 Å². The smallest absolute Gasteiger partial charge is 0.267 e. The summed E-state index contributed by atoms with van der Waals surface area (Å²) < 4.78 is 45.6. The summed E-state index contributed by atoms with van der Waals surface area (Å²) in [5.74, 6) is -0.342. The van der Waals surface area contributed by atoms with Crippen molar-refractivity contribution >= 4 is 10.1 Å². The Morgan fingerprint density at radius 1 is 1.24 bits per heavy atom. The van der Waals surface area contributed by atoms with E-state index in [1.807, 2.05) is 0 Å². The fourth-order valence-electron chi connectivity index (χ4n) is 1.93. The minimum Gasteiger partial charge on any atom is -0.377 e. The molecule has 1 saturated carbocycles. The molecule has 3 atom stereocenters. The van der Waals surface area contributed by atoms with Gasteiger partial charge in [-0.05, 0) is 19.3 Å². The van der Waals surface area contributed by atoms with Crippen molar-refractivity contribution in [2.24, 2.45) is 0 Å². The molecular formula is C10H18O6S. The Hall–Kier alpha value is -0.210. The van der Waals surface area contributed by atoms with E-state index in [0.29, 0.717) is 6.61 Å². The maximum Gasteiger partial charge on any atom is 0.267 e. The molecule has 2 rings (SSSR count). The summed E-state index contributed by atoms with van der Waals surface area (Å²) in [4.78, 5) is 0. The summed E-state index contributed by atoms with van der Waals surface area (Å²) in [7, 11) is -3.92. The minimum absolute atomic E-state index is 0.0434. The van der Waals surface area contributed by atoms with Crippen LogP contribution >= 0.6 is 0 Å². The van der Waals surface area contributed by atoms with Crippen LogP contribution in [0.25, 0.3) is 0 Å². The van der Waals surface area contributed by atoms with Crippen LogP contribution in [-0.4, -0.2) is 56.9 Å². The Kier molecular flexibility index (Phi) is 4.37. The predicted octanol–water partition coefficient (Wildman–Crippen LogP) is 0.227. The second kappa shape index (κ2) is 5.62. The van der Waals surface area contributed by atoms with Gasteiger partial charge in [-0.1, -0.05) is 0 Å². The van der Waals surface area contributed by atoms with E-state index in [2.05, 4.69) is 0 Å². The summed E-state index contributed by atoms with van der Waals surface area (Å²) in [6.07, 6.45) is 3.11. The molecule has 0 spiro atoms. The topological polar surface area (TPSA) is 85.4 Å². The van der Waals surface area contributed by atoms with Gasteiger partial charge in [0.1, 0.15) is 6.10 Å². The molecule has 0 aromatic carbocycles. The van der Waals surface area contributed by atoms with Crippen molar-refractivity contribution < 1.29 is 27.2 Å². The molecule has 0 aromatic heterocycles. The van der Waals surface area contributed by atoms with Gasteiger partial charge in [0.2, 0.25) is 0 Å². The Labute approximate surface area is 101 Å². The van der Waals surface area contributed by atoms with E-state index < -0.39 is 10.1 Å². The van der Waals surface area contributed by atoms with Crippen LogP contribution in [0.3, 0.4) is 0 Å². The minimum atomic E-state index is -3.92. The average Bonchev–Trinajstić information content (AvgIpc) is 2.95. The third-order valence-electron chi connectivity index (χ3n) is 2.95. The van der Waals surface area contributed by atoms with Gasteiger partial charge < -0.3 is 14.2 Å². The molecule has 0 amide bonds. The Balaban J connectivity index is 1.57. The zero-order chi connectivity index (χ0) is 12.3. The van der Waals surface area contributed by atoms with E-state index in [1.165, 1.54) is 0 Å². The normalized spacial score (nSPS) is 32.9. The zero-order valence-electron chi connectivity index (χ0n) is 9.58. The molecule has 7 heteroatoms. The van der Waals surface area contributed by atoms with Crippen molar-refractivity contribution in [3.63, 3.8) is 0 Å². The number of rotatable bonds is 7. The van der Waals surface area contributed by atoms with Gasteiger partial charge in [0.25, 0.3) is 10.1 Å². The standard InChI is InChI=1S/C10H18O6S/c11-17(12,13)4-3-14-8-1-2-9(5-8)15-6-10-7-16-10/h8-10H,1-7H2,(H,11,12,13). The molecule has 1 N–H and O–H groups in total. The third-order valence-corrected chi connectivity index (χ3v) is 3.63. The first-order valence-electron chi connectivity index (χ1n) is 5.83. The molecule has 0 aromatic rings. The lowest BCUT2D eigenvalue weighted by Gasteiger charge is -2.12. The van der Waals surface area contributed by atoms with Crippen LogP contribution in [0.5, 0.6) is 0 Å². The maximum absolute atomic E-state index is 10.5. The molecule has 0 bridgehead atoms. The van der Waals surface area contributed by atoms with Crippen LogP contribution < -0.4 is 0 Å². The molecule has 100 valence electrons. The first-order chi connectivity index (χ1) is 8.03. The molecule has 2 aliphatic rings. The fourth-order valence-corrected chi connectivity index (χ4v) is 2.24. The third kappa shape index (κ3) is 5.31. The van der Waals surface area contributed by atoms with Crippen LogP contribution in [0.15, 0.2) is 0 Å². The predicted molar refractivity (Wildman–Crippen MR) is 59.5 cm³/mol. The maximum atomic E-state index is 10.5. The average molecular weight is 266 g/mol. The van der Waals surface area contributed by atoms with Crippen LogP contribution in [0.2, 0.25) is 0 Å².